The number of phenolic OH excluding ortho intramolecular Hbond substituents is 1. The van der Waals surface area contributed by atoms with E-state index in [1.54, 1.807) is 13.0 Å². The van der Waals surface area contributed by atoms with Crippen LogP contribution in [0.5, 0.6) is 5.75 Å². The summed E-state index contributed by atoms with van der Waals surface area (Å²) in [6, 6.07) is 5.48. The number of rotatable bonds is 4. The molecule has 1 saturated heterocycles. The third kappa shape index (κ3) is 2.75. The average Bonchev–Trinajstić information content (AvgIpc) is 2.85. The van der Waals surface area contributed by atoms with Crippen molar-refractivity contribution < 1.29 is 15.0 Å². The minimum Gasteiger partial charge on any atom is -0.508 e. The number of phenols is 1. The molecule has 2 N–H and O–H groups in total. The van der Waals surface area contributed by atoms with Crippen LogP contribution in [0.2, 0.25) is 0 Å². The number of aromatic hydroxyl groups is 1. The molecule has 0 amide bonds. The van der Waals surface area contributed by atoms with Crippen LogP contribution in [0.25, 0.3) is 0 Å². The molecule has 98 valence electrons. The second-order valence-corrected chi connectivity index (χ2v) is 4.95. The molecule has 1 aliphatic heterocycles. The summed E-state index contributed by atoms with van der Waals surface area (Å²) >= 11 is 0. The first-order valence-electron chi connectivity index (χ1n) is 6.37. The van der Waals surface area contributed by atoms with Crippen LogP contribution >= 0.6 is 0 Å². The van der Waals surface area contributed by atoms with Gasteiger partial charge in [0.15, 0.2) is 0 Å². The second kappa shape index (κ2) is 5.29. The summed E-state index contributed by atoms with van der Waals surface area (Å²) in [4.78, 5) is 13.1. The molecule has 1 heterocycles. The highest BCUT2D eigenvalue weighted by atomic mass is 16.4. The molecule has 0 saturated carbocycles. The Morgan fingerprint density at radius 3 is 2.67 bits per heavy atom. The largest absolute Gasteiger partial charge is 0.508 e. The molecule has 4 heteroatoms. The zero-order chi connectivity index (χ0) is 13.1. The van der Waals surface area contributed by atoms with Gasteiger partial charge in [0.1, 0.15) is 5.75 Å². The molecule has 1 atom stereocenters. The number of aliphatic carboxylic acids is 1. The number of benzene rings is 1. The van der Waals surface area contributed by atoms with Crippen molar-refractivity contribution in [2.45, 2.75) is 26.2 Å². The molecule has 0 spiro atoms. The maximum Gasteiger partial charge on any atom is 0.306 e. The van der Waals surface area contributed by atoms with Crippen molar-refractivity contribution >= 4 is 11.7 Å². The number of hydrogen-bond donors (Lipinski definition) is 2. The van der Waals surface area contributed by atoms with Crippen LogP contribution in [0, 0.1) is 5.92 Å². The number of carbonyl (C=O) groups is 1. The zero-order valence-corrected chi connectivity index (χ0v) is 10.6. The summed E-state index contributed by atoms with van der Waals surface area (Å²) in [5.41, 5.74) is 1.80. The molecule has 1 aromatic carbocycles. The van der Waals surface area contributed by atoms with Gasteiger partial charge in [-0.05, 0) is 43.0 Å². The monoisotopic (exact) mass is 249 g/mol. The Labute approximate surface area is 107 Å². The Morgan fingerprint density at radius 2 is 2.06 bits per heavy atom. The molecule has 2 rings (SSSR count). The summed E-state index contributed by atoms with van der Waals surface area (Å²) in [5.74, 6) is -1.13. The fourth-order valence-corrected chi connectivity index (χ4v) is 2.32. The lowest BCUT2D eigenvalue weighted by atomic mass is 10.00. The van der Waals surface area contributed by atoms with E-state index in [0.717, 1.165) is 18.8 Å². The molecular formula is C14H19NO3. The van der Waals surface area contributed by atoms with Crippen molar-refractivity contribution in [1.29, 1.82) is 0 Å². The Hall–Kier alpha value is -1.71. The van der Waals surface area contributed by atoms with Gasteiger partial charge in [0.25, 0.3) is 0 Å². The van der Waals surface area contributed by atoms with E-state index < -0.39 is 11.9 Å². The van der Waals surface area contributed by atoms with E-state index >= 15 is 0 Å². The zero-order valence-electron chi connectivity index (χ0n) is 10.6. The van der Waals surface area contributed by atoms with Gasteiger partial charge >= 0.3 is 5.97 Å². The molecule has 0 aromatic heterocycles. The van der Waals surface area contributed by atoms with Crippen molar-refractivity contribution in [2.75, 3.05) is 18.0 Å². The minimum absolute atomic E-state index is 0.186. The van der Waals surface area contributed by atoms with Crippen LogP contribution in [0.3, 0.4) is 0 Å². The Morgan fingerprint density at radius 1 is 1.39 bits per heavy atom. The SMILES string of the molecule is CC(Cc1cc(N2CCCC2)ccc1O)C(=O)O. The summed E-state index contributed by atoms with van der Waals surface area (Å²) in [6.07, 6.45) is 2.76. The van der Waals surface area contributed by atoms with Crippen LogP contribution in [0.15, 0.2) is 18.2 Å². The molecule has 18 heavy (non-hydrogen) atoms. The van der Waals surface area contributed by atoms with Crippen LogP contribution in [0.4, 0.5) is 5.69 Å². The van der Waals surface area contributed by atoms with Crippen LogP contribution in [-0.2, 0) is 11.2 Å². The molecule has 1 fully saturated rings. The van der Waals surface area contributed by atoms with E-state index in [9.17, 15) is 9.90 Å². The van der Waals surface area contributed by atoms with Gasteiger partial charge < -0.3 is 15.1 Å². The third-order valence-corrected chi connectivity index (χ3v) is 3.48. The quantitative estimate of drug-likeness (QED) is 0.859. The van der Waals surface area contributed by atoms with Gasteiger partial charge in [-0.15, -0.1) is 0 Å². The van der Waals surface area contributed by atoms with Crippen LogP contribution in [-0.4, -0.2) is 29.3 Å². The van der Waals surface area contributed by atoms with Gasteiger partial charge in [0, 0.05) is 18.8 Å². The van der Waals surface area contributed by atoms with Crippen molar-refractivity contribution in [2.24, 2.45) is 5.92 Å². The fraction of sp³-hybridized carbons (Fsp3) is 0.500. The first-order valence-corrected chi connectivity index (χ1v) is 6.37. The van der Waals surface area contributed by atoms with Gasteiger partial charge in [0.05, 0.1) is 5.92 Å². The van der Waals surface area contributed by atoms with Gasteiger partial charge in [-0.2, -0.15) is 0 Å². The number of carboxylic acids is 1. The predicted octanol–water partition coefficient (Wildman–Crippen LogP) is 2.26. The van der Waals surface area contributed by atoms with E-state index in [-0.39, 0.29) is 5.75 Å². The first kappa shape index (κ1) is 12.7. The highest BCUT2D eigenvalue weighted by Gasteiger charge is 2.17. The normalized spacial score (nSPS) is 16.8. The van der Waals surface area contributed by atoms with E-state index in [2.05, 4.69) is 4.90 Å². The molecule has 0 aliphatic carbocycles. The highest BCUT2D eigenvalue weighted by Crippen LogP contribution is 2.28. The summed E-state index contributed by atoms with van der Waals surface area (Å²) in [5, 5.41) is 18.7. The smallest absolute Gasteiger partial charge is 0.306 e. The lowest BCUT2D eigenvalue weighted by Crippen LogP contribution is -2.18. The summed E-state index contributed by atoms with van der Waals surface area (Å²) in [6.45, 7) is 3.74. The average molecular weight is 249 g/mol. The standard InChI is InChI=1S/C14H19NO3/c1-10(14(17)18)8-11-9-12(4-5-13(11)16)15-6-2-3-7-15/h4-5,9-10,16H,2-3,6-8H2,1H3,(H,17,18). The molecule has 1 unspecified atom stereocenters. The van der Waals surface area contributed by atoms with Crippen molar-refractivity contribution in [3.05, 3.63) is 23.8 Å². The molecule has 0 bridgehead atoms. The number of carboxylic acid groups (broad SMARTS) is 1. The lowest BCUT2D eigenvalue weighted by Gasteiger charge is -2.19. The minimum atomic E-state index is -0.832. The van der Waals surface area contributed by atoms with Gasteiger partial charge in [0.2, 0.25) is 0 Å². The summed E-state index contributed by atoms with van der Waals surface area (Å²) in [7, 11) is 0. The molecule has 1 aliphatic rings. The number of nitrogens with zero attached hydrogens (tertiary/aromatic N) is 1. The summed E-state index contributed by atoms with van der Waals surface area (Å²) < 4.78 is 0. The number of hydrogen-bond acceptors (Lipinski definition) is 3. The van der Waals surface area contributed by atoms with E-state index in [1.165, 1.54) is 12.8 Å². The molecule has 4 nitrogen and oxygen atoms in total. The Kier molecular flexibility index (Phi) is 3.75. The topological polar surface area (TPSA) is 60.8 Å². The fourth-order valence-electron chi connectivity index (χ4n) is 2.32. The third-order valence-electron chi connectivity index (χ3n) is 3.48. The lowest BCUT2D eigenvalue weighted by molar-refractivity contribution is -0.141. The Bertz CT molecular complexity index is 439. The van der Waals surface area contributed by atoms with Gasteiger partial charge in [-0.1, -0.05) is 6.92 Å². The Balaban J connectivity index is 2.18. The van der Waals surface area contributed by atoms with Crippen molar-refractivity contribution in [3.63, 3.8) is 0 Å². The van der Waals surface area contributed by atoms with Crippen LogP contribution in [0.1, 0.15) is 25.3 Å². The second-order valence-electron chi connectivity index (χ2n) is 4.95. The van der Waals surface area contributed by atoms with E-state index in [4.69, 9.17) is 5.11 Å². The molecular weight excluding hydrogens is 230 g/mol. The van der Waals surface area contributed by atoms with Gasteiger partial charge in [-0.25, -0.2) is 0 Å². The van der Waals surface area contributed by atoms with Crippen molar-refractivity contribution in [3.8, 4) is 5.75 Å². The first-order chi connectivity index (χ1) is 8.58. The predicted molar refractivity (Wildman–Crippen MR) is 70.1 cm³/mol. The van der Waals surface area contributed by atoms with E-state index in [1.807, 2.05) is 12.1 Å². The van der Waals surface area contributed by atoms with E-state index in [0.29, 0.717) is 12.0 Å². The molecule has 0 radical (unpaired) electrons. The molecule has 1 aromatic rings. The van der Waals surface area contributed by atoms with Crippen molar-refractivity contribution in [1.82, 2.24) is 0 Å². The maximum atomic E-state index is 10.9. The van der Waals surface area contributed by atoms with Crippen LogP contribution < -0.4 is 4.90 Å². The number of anilines is 1. The van der Waals surface area contributed by atoms with Gasteiger partial charge in [-0.3, -0.25) is 4.79 Å². The highest BCUT2D eigenvalue weighted by molar-refractivity contribution is 5.70. The maximum absolute atomic E-state index is 10.9.